The van der Waals surface area contributed by atoms with Crippen LogP contribution in [0.4, 0.5) is 4.39 Å². The molecule has 2 aromatic carbocycles. The van der Waals surface area contributed by atoms with Crippen LogP contribution in [-0.4, -0.2) is 13.7 Å². The molecule has 110 valence electrons. The van der Waals surface area contributed by atoms with Crippen LogP contribution in [0.3, 0.4) is 0 Å². The fourth-order valence-corrected chi connectivity index (χ4v) is 3.89. The first-order valence-electron chi connectivity index (χ1n) is 6.53. The Kier molecular flexibility index (Phi) is 4.22. The van der Waals surface area contributed by atoms with Gasteiger partial charge in [-0.3, -0.25) is 0 Å². The number of hydrogen-bond donors (Lipinski definition) is 0. The van der Waals surface area contributed by atoms with Crippen LogP contribution in [-0.2, 0) is 6.42 Å². The van der Waals surface area contributed by atoms with Gasteiger partial charge in [0.25, 0.3) is 0 Å². The number of ether oxygens (including phenoxy) is 2. The Labute approximate surface area is 139 Å². The van der Waals surface area contributed by atoms with E-state index in [1.807, 2.05) is 12.1 Å². The molecule has 0 bridgehead atoms. The van der Waals surface area contributed by atoms with Gasteiger partial charge in [-0.05, 0) is 29.8 Å². The maximum absolute atomic E-state index is 14.3. The Balaban J connectivity index is 2.14. The van der Waals surface area contributed by atoms with E-state index in [2.05, 4.69) is 31.9 Å². The van der Waals surface area contributed by atoms with E-state index in [1.54, 1.807) is 19.2 Å². The van der Waals surface area contributed by atoms with Gasteiger partial charge in [0.1, 0.15) is 17.3 Å². The highest BCUT2D eigenvalue weighted by molar-refractivity contribution is 9.10. The first-order chi connectivity index (χ1) is 10.1. The monoisotopic (exact) mass is 414 g/mol. The molecule has 0 saturated heterocycles. The van der Waals surface area contributed by atoms with Gasteiger partial charge < -0.3 is 9.47 Å². The van der Waals surface area contributed by atoms with Gasteiger partial charge in [-0.1, -0.05) is 37.9 Å². The molecular formula is C16H13Br2FO2. The van der Waals surface area contributed by atoms with Crippen LogP contribution >= 0.6 is 31.9 Å². The van der Waals surface area contributed by atoms with Gasteiger partial charge in [0.05, 0.1) is 18.5 Å². The van der Waals surface area contributed by atoms with Crippen LogP contribution in [0.15, 0.2) is 34.8 Å². The fraction of sp³-hybridized carbons (Fsp3) is 0.250. The molecule has 0 aromatic heterocycles. The van der Waals surface area contributed by atoms with Crippen molar-refractivity contribution >= 4 is 31.9 Å². The van der Waals surface area contributed by atoms with Crippen molar-refractivity contribution < 1.29 is 13.9 Å². The molecule has 21 heavy (non-hydrogen) atoms. The molecule has 5 heteroatoms. The zero-order chi connectivity index (χ0) is 15.0. The number of rotatable bonds is 3. The number of benzene rings is 2. The molecule has 0 spiro atoms. The quantitative estimate of drug-likeness (QED) is 0.655. The Morgan fingerprint density at radius 1 is 1.33 bits per heavy atom. The lowest BCUT2D eigenvalue weighted by molar-refractivity contribution is 0.353. The normalized spacial score (nSPS) is 14.5. The summed E-state index contributed by atoms with van der Waals surface area (Å²) >= 11 is 7.11. The Morgan fingerprint density at radius 2 is 2.14 bits per heavy atom. The van der Waals surface area contributed by atoms with E-state index in [4.69, 9.17) is 9.47 Å². The zero-order valence-corrected chi connectivity index (χ0v) is 14.5. The third-order valence-corrected chi connectivity index (χ3v) is 4.95. The van der Waals surface area contributed by atoms with Crippen molar-refractivity contribution in [1.29, 1.82) is 0 Å². The zero-order valence-electron chi connectivity index (χ0n) is 11.3. The van der Waals surface area contributed by atoms with E-state index in [1.165, 1.54) is 6.07 Å². The lowest BCUT2D eigenvalue weighted by Gasteiger charge is -2.18. The van der Waals surface area contributed by atoms with Crippen molar-refractivity contribution in [3.05, 3.63) is 57.3 Å². The first kappa shape index (κ1) is 14.9. The minimum Gasteiger partial charge on any atom is -0.496 e. The molecule has 1 atom stereocenters. The number of alkyl halides is 1. The summed E-state index contributed by atoms with van der Waals surface area (Å²) in [5.74, 6) is 1.05. The van der Waals surface area contributed by atoms with Crippen LogP contribution in [0.5, 0.6) is 11.5 Å². The van der Waals surface area contributed by atoms with Gasteiger partial charge in [0.2, 0.25) is 0 Å². The molecule has 3 rings (SSSR count). The summed E-state index contributed by atoms with van der Waals surface area (Å²) < 4.78 is 26.2. The highest BCUT2D eigenvalue weighted by Gasteiger charge is 2.26. The van der Waals surface area contributed by atoms with E-state index < -0.39 is 0 Å². The minimum atomic E-state index is -0.335. The first-order valence-corrected chi connectivity index (χ1v) is 8.24. The van der Waals surface area contributed by atoms with Crippen LogP contribution in [0.2, 0.25) is 0 Å². The van der Waals surface area contributed by atoms with E-state index in [0.717, 1.165) is 27.8 Å². The molecule has 2 nitrogen and oxygen atoms in total. The molecule has 0 saturated carbocycles. The standard InChI is InChI=1S/C16H13Br2FO2/c1-20-13-4-2-3-12(19)14(13)15(18)11-8-10(17)7-9-5-6-21-16(9)11/h2-4,7-8,15H,5-6H2,1H3. The van der Waals surface area contributed by atoms with Gasteiger partial charge in [-0.15, -0.1) is 0 Å². The van der Waals surface area contributed by atoms with Crippen molar-refractivity contribution in [1.82, 2.24) is 0 Å². The molecule has 0 aliphatic carbocycles. The summed E-state index contributed by atoms with van der Waals surface area (Å²) in [4.78, 5) is -0.335. The van der Waals surface area contributed by atoms with Crippen LogP contribution < -0.4 is 9.47 Å². The molecular weight excluding hydrogens is 403 g/mol. The highest BCUT2D eigenvalue weighted by Crippen LogP contribution is 2.45. The highest BCUT2D eigenvalue weighted by atomic mass is 79.9. The van der Waals surface area contributed by atoms with E-state index in [9.17, 15) is 4.39 Å². The summed E-state index contributed by atoms with van der Waals surface area (Å²) in [5.41, 5.74) is 2.52. The molecule has 0 amide bonds. The SMILES string of the molecule is COc1cccc(F)c1C(Br)c1cc(Br)cc2c1OCC2. The van der Waals surface area contributed by atoms with Gasteiger partial charge >= 0.3 is 0 Å². The average molecular weight is 416 g/mol. The van der Waals surface area contributed by atoms with Crippen molar-refractivity contribution in [2.24, 2.45) is 0 Å². The average Bonchev–Trinajstić information content (AvgIpc) is 2.93. The van der Waals surface area contributed by atoms with Gasteiger partial charge in [0.15, 0.2) is 0 Å². The van der Waals surface area contributed by atoms with E-state index in [0.29, 0.717) is 17.9 Å². The van der Waals surface area contributed by atoms with Gasteiger partial charge in [-0.2, -0.15) is 0 Å². The van der Waals surface area contributed by atoms with Crippen LogP contribution in [0.1, 0.15) is 21.5 Å². The minimum absolute atomic E-state index is 0.303. The Hall–Kier alpha value is -1.07. The molecule has 0 fully saturated rings. The topological polar surface area (TPSA) is 18.5 Å². The molecule has 1 heterocycles. The molecule has 1 aliphatic heterocycles. The Bertz CT molecular complexity index is 688. The molecule has 1 aliphatic rings. The van der Waals surface area contributed by atoms with Gasteiger partial charge in [-0.25, -0.2) is 4.39 Å². The van der Waals surface area contributed by atoms with Crippen molar-refractivity contribution in [3.63, 3.8) is 0 Å². The van der Waals surface area contributed by atoms with E-state index in [-0.39, 0.29) is 10.6 Å². The van der Waals surface area contributed by atoms with Crippen LogP contribution in [0, 0.1) is 5.82 Å². The van der Waals surface area contributed by atoms with Crippen molar-refractivity contribution in [2.75, 3.05) is 13.7 Å². The second-order valence-electron chi connectivity index (χ2n) is 4.80. The lowest BCUT2D eigenvalue weighted by atomic mass is 10.00. The van der Waals surface area contributed by atoms with E-state index >= 15 is 0 Å². The maximum atomic E-state index is 14.3. The number of methoxy groups -OCH3 is 1. The number of fused-ring (bicyclic) bond motifs is 1. The Morgan fingerprint density at radius 3 is 2.90 bits per heavy atom. The fourth-order valence-electron chi connectivity index (χ4n) is 2.58. The summed E-state index contributed by atoms with van der Waals surface area (Å²) in [6.45, 7) is 0.660. The summed E-state index contributed by atoms with van der Waals surface area (Å²) in [6, 6.07) is 8.83. The molecule has 0 N–H and O–H groups in total. The summed E-state index contributed by atoms with van der Waals surface area (Å²) in [7, 11) is 1.54. The summed E-state index contributed by atoms with van der Waals surface area (Å²) in [6.07, 6.45) is 0.871. The number of hydrogen-bond acceptors (Lipinski definition) is 2. The molecule has 0 radical (unpaired) electrons. The van der Waals surface area contributed by atoms with Crippen LogP contribution in [0.25, 0.3) is 0 Å². The predicted octanol–water partition coefficient (Wildman–Crippen LogP) is 5.02. The largest absolute Gasteiger partial charge is 0.496 e. The maximum Gasteiger partial charge on any atom is 0.131 e. The smallest absolute Gasteiger partial charge is 0.131 e. The third kappa shape index (κ3) is 2.69. The summed E-state index contributed by atoms with van der Waals surface area (Å²) in [5, 5.41) is 0. The van der Waals surface area contributed by atoms with Crippen molar-refractivity contribution in [3.8, 4) is 11.5 Å². The second-order valence-corrected chi connectivity index (χ2v) is 6.63. The number of halogens is 3. The molecule has 1 unspecified atom stereocenters. The van der Waals surface area contributed by atoms with Crippen molar-refractivity contribution in [2.45, 2.75) is 11.2 Å². The third-order valence-electron chi connectivity index (χ3n) is 3.54. The van der Waals surface area contributed by atoms with Gasteiger partial charge in [0, 0.05) is 22.0 Å². The lowest BCUT2D eigenvalue weighted by Crippen LogP contribution is -2.02. The predicted molar refractivity (Wildman–Crippen MR) is 87.1 cm³/mol. The second kappa shape index (κ2) is 5.97. The molecule has 2 aromatic rings.